The van der Waals surface area contributed by atoms with Crippen LogP contribution in [0, 0.1) is 0 Å². The lowest BCUT2D eigenvalue weighted by atomic mass is 10.2. The number of nitrogens with zero attached hydrogens (tertiary/aromatic N) is 1. The predicted molar refractivity (Wildman–Crippen MR) is 107 cm³/mol. The number of guanidine groups is 1. The highest BCUT2D eigenvalue weighted by molar-refractivity contribution is 5.94. The van der Waals surface area contributed by atoms with Gasteiger partial charge in [0, 0.05) is 36.8 Å². The number of aliphatic imine (C=N–C) groups is 1. The molecule has 0 bridgehead atoms. The zero-order valence-corrected chi connectivity index (χ0v) is 16.7. The number of furan rings is 1. The lowest BCUT2D eigenvalue weighted by Gasteiger charge is -2.19. The number of hydrogen-bond donors (Lipinski definition) is 2. The highest BCUT2D eigenvalue weighted by Crippen LogP contribution is 2.39. The zero-order chi connectivity index (χ0) is 19.6. The second-order valence-electron chi connectivity index (χ2n) is 6.05. The van der Waals surface area contributed by atoms with E-state index in [0.29, 0.717) is 29.8 Å². The number of nitrogens with one attached hydrogen (secondary N) is 2. The summed E-state index contributed by atoms with van der Waals surface area (Å²) < 4.78 is 21.6. The number of hydrogen-bond acceptors (Lipinski definition) is 5. The summed E-state index contributed by atoms with van der Waals surface area (Å²) in [5.41, 5.74) is 0.789. The summed E-state index contributed by atoms with van der Waals surface area (Å²) in [6.45, 7) is 4.83. The maximum absolute atomic E-state index is 5.42. The molecule has 1 aromatic carbocycles. The second-order valence-corrected chi connectivity index (χ2v) is 6.05. The Morgan fingerprint density at radius 1 is 1.15 bits per heavy atom. The molecule has 2 N–H and O–H groups in total. The first-order valence-electron chi connectivity index (χ1n) is 9.01. The van der Waals surface area contributed by atoms with Crippen molar-refractivity contribution in [1.29, 1.82) is 0 Å². The van der Waals surface area contributed by atoms with Crippen molar-refractivity contribution in [2.24, 2.45) is 4.99 Å². The molecule has 0 amide bonds. The molecule has 0 spiro atoms. The maximum atomic E-state index is 5.42. The minimum absolute atomic E-state index is 0.280. The van der Waals surface area contributed by atoms with Gasteiger partial charge in [0.15, 0.2) is 17.5 Å². The Kier molecular flexibility index (Phi) is 7.85. The summed E-state index contributed by atoms with van der Waals surface area (Å²) in [5, 5.41) is 6.71. The van der Waals surface area contributed by atoms with Crippen molar-refractivity contribution in [3.05, 3.63) is 36.3 Å². The van der Waals surface area contributed by atoms with Crippen LogP contribution < -0.4 is 24.8 Å². The molecule has 7 nitrogen and oxygen atoms in total. The van der Waals surface area contributed by atoms with Gasteiger partial charge in [0.25, 0.3) is 0 Å². The lowest BCUT2D eigenvalue weighted by molar-refractivity contribution is 0.324. The molecule has 2 aromatic rings. The van der Waals surface area contributed by atoms with E-state index >= 15 is 0 Å². The van der Waals surface area contributed by atoms with E-state index in [0.717, 1.165) is 24.3 Å². The highest BCUT2D eigenvalue weighted by Gasteiger charge is 2.14. The fraction of sp³-hybridized carbons (Fsp3) is 0.450. The summed E-state index contributed by atoms with van der Waals surface area (Å²) in [7, 11) is 4.77. The van der Waals surface area contributed by atoms with Crippen LogP contribution in [0.15, 0.2) is 39.9 Å². The molecule has 0 radical (unpaired) electrons. The predicted octanol–water partition coefficient (Wildman–Crippen LogP) is 3.70. The molecule has 0 aliphatic rings. The molecule has 1 atom stereocenters. The third-order valence-electron chi connectivity index (χ3n) is 4.13. The number of rotatable bonds is 9. The van der Waals surface area contributed by atoms with Crippen LogP contribution in [0.5, 0.6) is 17.2 Å². The Morgan fingerprint density at radius 3 is 2.37 bits per heavy atom. The van der Waals surface area contributed by atoms with Crippen molar-refractivity contribution >= 4 is 11.6 Å². The molecule has 0 saturated carbocycles. The number of ether oxygens (including phenoxy) is 3. The minimum atomic E-state index is 0.280. The molecule has 0 fully saturated rings. The van der Waals surface area contributed by atoms with Crippen LogP contribution in [0.25, 0.3) is 0 Å². The van der Waals surface area contributed by atoms with Crippen LogP contribution in [-0.4, -0.2) is 39.9 Å². The maximum Gasteiger partial charge on any atom is 0.203 e. The Balaban J connectivity index is 2.20. The number of anilines is 1. The van der Waals surface area contributed by atoms with Gasteiger partial charge in [-0.05, 0) is 25.5 Å². The van der Waals surface area contributed by atoms with Gasteiger partial charge in [0.2, 0.25) is 5.75 Å². The molecule has 0 aliphatic heterocycles. The van der Waals surface area contributed by atoms with Crippen LogP contribution in [-0.2, 0) is 6.42 Å². The van der Waals surface area contributed by atoms with Crippen LogP contribution in [0.2, 0.25) is 0 Å². The minimum Gasteiger partial charge on any atom is -0.493 e. The third kappa shape index (κ3) is 5.84. The monoisotopic (exact) mass is 375 g/mol. The number of methoxy groups -OCH3 is 3. The molecule has 0 saturated heterocycles. The van der Waals surface area contributed by atoms with Crippen molar-refractivity contribution in [3.63, 3.8) is 0 Å². The molecule has 0 aliphatic carbocycles. The summed E-state index contributed by atoms with van der Waals surface area (Å²) in [6.07, 6.45) is 3.38. The summed E-state index contributed by atoms with van der Waals surface area (Å²) >= 11 is 0. The largest absolute Gasteiger partial charge is 0.493 e. The molecule has 148 valence electrons. The topological polar surface area (TPSA) is 77.3 Å². The SMILES string of the molecule is CCC(C)NC(=NCCc1ccco1)Nc1cc(OC)c(OC)c(OC)c1. The van der Waals surface area contributed by atoms with Crippen LogP contribution >= 0.6 is 0 Å². The second kappa shape index (κ2) is 10.4. The Labute approximate surface area is 160 Å². The van der Waals surface area contributed by atoms with Crippen LogP contribution in [0.1, 0.15) is 26.0 Å². The highest BCUT2D eigenvalue weighted by atomic mass is 16.5. The van der Waals surface area contributed by atoms with Crippen molar-refractivity contribution in [2.45, 2.75) is 32.7 Å². The first kappa shape index (κ1) is 20.5. The Hall–Kier alpha value is -2.83. The number of benzene rings is 1. The third-order valence-corrected chi connectivity index (χ3v) is 4.13. The van der Waals surface area contributed by atoms with Crippen LogP contribution in [0.4, 0.5) is 5.69 Å². The molecule has 1 aromatic heterocycles. The van der Waals surface area contributed by atoms with Crippen molar-refractivity contribution in [2.75, 3.05) is 33.2 Å². The van der Waals surface area contributed by atoms with E-state index in [-0.39, 0.29) is 6.04 Å². The Morgan fingerprint density at radius 2 is 1.85 bits per heavy atom. The van der Waals surface area contributed by atoms with E-state index in [1.165, 1.54) is 0 Å². The van der Waals surface area contributed by atoms with Gasteiger partial charge in [-0.25, -0.2) is 0 Å². The van der Waals surface area contributed by atoms with Gasteiger partial charge in [-0.1, -0.05) is 6.92 Å². The molecule has 7 heteroatoms. The van der Waals surface area contributed by atoms with Gasteiger partial charge in [-0.15, -0.1) is 0 Å². The standard InChI is InChI=1S/C20H29N3O4/c1-6-14(2)22-20(21-10-9-16-8-7-11-27-16)23-15-12-17(24-3)19(26-5)18(13-15)25-4/h7-8,11-14H,6,9-10H2,1-5H3,(H2,21,22,23). The zero-order valence-electron chi connectivity index (χ0n) is 16.7. The summed E-state index contributed by atoms with van der Waals surface area (Å²) in [4.78, 5) is 4.66. The molecule has 1 heterocycles. The first-order valence-corrected chi connectivity index (χ1v) is 9.01. The molecular formula is C20H29N3O4. The van der Waals surface area contributed by atoms with Gasteiger partial charge >= 0.3 is 0 Å². The molecule has 1 unspecified atom stereocenters. The fourth-order valence-corrected chi connectivity index (χ4v) is 2.48. The van der Waals surface area contributed by atoms with E-state index in [1.807, 2.05) is 24.3 Å². The van der Waals surface area contributed by atoms with Gasteiger partial charge in [-0.2, -0.15) is 0 Å². The molecule has 27 heavy (non-hydrogen) atoms. The van der Waals surface area contributed by atoms with E-state index in [1.54, 1.807) is 27.6 Å². The van der Waals surface area contributed by atoms with Crippen LogP contribution in [0.3, 0.4) is 0 Å². The smallest absolute Gasteiger partial charge is 0.203 e. The summed E-state index contributed by atoms with van der Waals surface area (Å²) in [6, 6.07) is 7.81. The van der Waals surface area contributed by atoms with Crippen molar-refractivity contribution in [1.82, 2.24) is 5.32 Å². The molecule has 2 rings (SSSR count). The van der Waals surface area contributed by atoms with Gasteiger partial charge < -0.3 is 29.3 Å². The van der Waals surface area contributed by atoms with Crippen molar-refractivity contribution in [3.8, 4) is 17.2 Å². The fourth-order valence-electron chi connectivity index (χ4n) is 2.48. The first-order chi connectivity index (χ1) is 13.1. The van der Waals surface area contributed by atoms with Gasteiger partial charge in [0.05, 0.1) is 27.6 Å². The van der Waals surface area contributed by atoms with E-state index < -0.39 is 0 Å². The van der Waals surface area contributed by atoms with E-state index in [2.05, 4.69) is 29.5 Å². The summed E-state index contributed by atoms with van der Waals surface area (Å²) in [5.74, 6) is 3.31. The Bertz CT molecular complexity index is 704. The van der Waals surface area contributed by atoms with Gasteiger partial charge in [0.1, 0.15) is 5.76 Å². The average Bonchev–Trinajstić information content (AvgIpc) is 3.20. The van der Waals surface area contributed by atoms with Gasteiger partial charge in [-0.3, -0.25) is 4.99 Å². The molecular weight excluding hydrogens is 346 g/mol. The van der Waals surface area contributed by atoms with E-state index in [9.17, 15) is 0 Å². The lowest BCUT2D eigenvalue weighted by Crippen LogP contribution is -2.37. The van der Waals surface area contributed by atoms with E-state index in [4.69, 9.17) is 18.6 Å². The van der Waals surface area contributed by atoms with Crippen molar-refractivity contribution < 1.29 is 18.6 Å². The average molecular weight is 375 g/mol. The normalized spacial score (nSPS) is 12.4. The quantitative estimate of drug-likeness (QED) is 0.514.